The first-order chi connectivity index (χ1) is 7.71. The van der Waals surface area contributed by atoms with Crippen molar-refractivity contribution < 1.29 is 18.0 Å². The van der Waals surface area contributed by atoms with Gasteiger partial charge >= 0.3 is 6.18 Å². The van der Waals surface area contributed by atoms with Crippen molar-refractivity contribution in [2.75, 3.05) is 5.32 Å². The number of benzene rings is 1. The number of anilines is 1. The molecule has 0 aromatic heterocycles. The van der Waals surface area contributed by atoms with E-state index in [0.29, 0.717) is 0 Å². The Morgan fingerprint density at radius 3 is 2.47 bits per heavy atom. The van der Waals surface area contributed by atoms with Crippen LogP contribution >= 0.6 is 0 Å². The van der Waals surface area contributed by atoms with Gasteiger partial charge in [0.15, 0.2) is 0 Å². The maximum atomic E-state index is 12.6. The Morgan fingerprint density at radius 2 is 2.00 bits per heavy atom. The summed E-state index contributed by atoms with van der Waals surface area (Å²) in [6, 6.07) is 2.84. The van der Waals surface area contributed by atoms with Crippen LogP contribution in [0, 0.1) is 6.92 Å². The molecule has 0 radical (unpaired) electrons. The summed E-state index contributed by atoms with van der Waals surface area (Å²) in [6.07, 6.45) is -4.43. The van der Waals surface area contributed by atoms with E-state index in [1.54, 1.807) is 0 Å². The minimum Gasteiger partial charge on any atom is -0.325 e. The van der Waals surface area contributed by atoms with Crippen LogP contribution in [-0.4, -0.2) is 11.9 Å². The average Bonchev–Trinajstić information content (AvgIpc) is 2.19. The molecule has 1 aromatic carbocycles. The minimum absolute atomic E-state index is 0.0882. The fraction of sp³-hybridized carbons (Fsp3) is 0.364. The molecular weight excluding hydrogens is 233 g/mol. The monoisotopic (exact) mass is 246 g/mol. The highest BCUT2D eigenvalue weighted by Crippen LogP contribution is 2.33. The summed E-state index contributed by atoms with van der Waals surface area (Å²) in [5, 5.41) is 2.32. The van der Waals surface area contributed by atoms with E-state index >= 15 is 0 Å². The van der Waals surface area contributed by atoms with Crippen LogP contribution in [0.2, 0.25) is 0 Å². The van der Waals surface area contributed by atoms with Gasteiger partial charge in [0.1, 0.15) is 0 Å². The van der Waals surface area contributed by atoms with Gasteiger partial charge in [-0.2, -0.15) is 13.2 Å². The van der Waals surface area contributed by atoms with Crippen LogP contribution < -0.4 is 11.1 Å². The second kappa shape index (κ2) is 4.75. The summed E-state index contributed by atoms with van der Waals surface area (Å²) in [5.74, 6) is -0.526. The lowest BCUT2D eigenvalue weighted by Gasteiger charge is -2.13. The molecule has 1 atom stereocenters. The standard InChI is InChI=1S/C11H13F3N2O/c1-6-3-4-8(16-10(17)7(2)15)5-9(6)11(12,13)14/h3-5,7H,15H2,1-2H3,(H,16,17)/t7-/m0/s1. The number of carbonyl (C=O) groups excluding carboxylic acids is 1. The van der Waals surface area contributed by atoms with Crippen LogP contribution in [0.3, 0.4) is 0 Å². The van der Waals surface area contributed by atoms with Gasteiger partial charge in [-0.25, -0.2) is 0 Å². The molecule has 0 spiro atoms. The zero-order valence-corrected chi connectivity index (χ0v) is 9.43. The van der Waals surface area contributed by atoms with Crippen molar-refractivity contribution in [1.29, 1.82) is 0 Å². The van der Waals surface area contributed by atoms with E-state index in [9.17, 15) is 18.0 Å². The topological polar surface area (TPSA) is 55.1 Å². The lowest BCUT2D eigenvalue weighted by molar-refractivity contribution is -0.138. The van der Waals surface area contributed by atoms with Crippen molar-refractivity contribution in [2.24, 2.45) is 5.73 Å². The summed E-state index contributed by atoms with van der Waals surface area (Å²) in [7, 11) is 0. The fourth-order valence-corrected chi connectivity index (χ4v) is 1.26. The highest BCUT2D eigenvalue weighted by atomic mass is 19.4. The molecule has 0 unspecified atom stereocenters. The van der Waals surface area contributed by atoms with Gasteiger partial charge in [0, 0.05) is 5.69 Å². The van der Waals surface area contributed by atoms with Crippen LogP contribution in [0.4, 0.5) is 18.9 Å². The largest absolute Gasteiger partial charge is 0.416 e. The third kappa shape index (κ3) is 3.45. The molecule has 0 aliphatic heterocycles. The third-order valence-electron chi connectivity index (χ3n) is 2.22. The molecule has 0 bridgehead atoms. The Hall–Kier alpha value is -1.56. The van der Waals surface area contributed by atoms with Gasteiger partial charge in [-0.05, 0) is 31.5 Å². The van der Waals surface area contributed by atoms with Gasteiger partial charge in [0.2, 0.25) is 5.91 Å². The molecule has 0 aliphatic rings. The van der Waals surface area contributed by atoms with E-state index in [2.05, 4.69) is 5.32 Å². The summed E-state index contributed by atoms with van der Waals surface area (Å²) in [5.41, 5.74) is 4.74. The molecule has 3 N–H and O–H groups in total. The first-order valence-electron chi connectivity index (χ1n) is 4.96. The van der Waals surface area contributed by atoms with E-state index in [-0.39, 0.29) is 11.3 Å². The minimum atomic E-state index is -4.43. The average molecular weight is 246 g/mol. The number of carbonyl (C=O) groups is 1. The Labute approximate surface area is 96.8 Å². The van der Waals surface area contributed by atoms with Gasteiger partial charge < -0.3 is 11.1 Å². The van der Waals surface area contributed by atoms with E-state index in [1.165, 1.54) is 26.0 Å². The molecule has 0 saturated carbocycles. The number of amides is 1. The fourth-order valence-electron chi connectivity index (χ4n) is 1.26. The van der Waals surface area contributed by atoms with Crippen molar-refractivity contribution in [2.45, 2.75) is 26.1 Å². The normalized spacial score (nSPS) is 13.3. The Kier molecular flexibility index (Phi) is 3.77. The number of rotatable bonds is 2. The number of nitrogens with one attached hydrogen (secondary N) is 1. The molecular formula is C11H13F3N2O. The summed E-state index contributed by atoms with van der Waals surface area (Å²) < 4.78 is 37.8. The Balaban J connectivity index is 3.01. The van der Waals surface area contributed by atoms with E-state index < -0.39 is 23.7 Å². The van der Waals surface area contributed by atoms with Gasteiger partial charge in [-0.3, -0.25) is 4.79 Å². The van der Waals surface area contributed by atoms with Crippen molar-refractivity contribution in [3.8, 4) is 0 Å². The predicted molar refractivity (Wildman–Crippen MR) is 58.5 cm³/mol. The number of halogens is 3. The molecule has 0 heterocycles. The van der Waals surface area contributed by atoms with Gasteiger partial charge in [-0.1, -0.05) is 6.07 Å². The quantitative estimate of drug-likeness (QED) is 0.841. The zero-order chi connectivity index (χ0) is 13.2. The zero-order valence-electron chi connectivity index (χ0n) is 9.43. The second-order valence-corrected chi connectivity index (χ2v) is 3.81. The summed E-state index contributed by atoms with van der Waals surface area (Å²) >= 11 is 0. The smallest absolute Gasteiger partial charge is 0.325 e. The van der Waals surface area contributed by atoms with Crippen molar-refractivity contribution in [3.05, 3.63) is 29.3 Å². The van der Waals surface area contributed by atoms with Gasteiger partial charge in [0.05, 0.1) is 11.6 Å². The Bertz CT molecular complexity index is 427. The van der Waals surface area contributed by atoms with Crippen LogP contribution in [-0.2, 0) is 11.0 Å². The molecule has 1 rings (SSSR count). The van der Waals surface area contributed by atoms with E-state index in [0.717, 1.165) is 6.07 Å². The lowest BCUT2D eigenvalue weighted by Crippen LogP contribution is -2.32. The highest BCUT2D eigenvalue weighted by Gasteiger charge is 2.32. The van der Waals surface area contributed by atoms with Crippen LogP contribution in [0.5, 0.6) is 0 Å². The molecule has 0 saturated heterocycles. The maximum absolute atomic E-state index is 12.6. The van der Waals surface area contributed by atoms with Crippen molar-refractivity contribution >= 4 is 11.6 Å². The van der Waals surface area contributed by atoms with Crippen LogP contribution in [0.15, 0.2) is 18.2 Å². The molecule has 1 aromatic rings. The number of hydrogen-bond acceptors (Lipinski definition) is 2. The van der Waals surface area contributed by atoms with Gasteiger partial charge in [-0.15, -0.1) is 0 Å². The molecule has 94 valence electrons. The third-order valence-corrected chi connectivity index (χ3v) is 2.22. The SMILES string of the molecule is Cc1ccc(NC(=O)[C@H](C)N)cc1C(F)(F)F. The first kappa shape index (κ1) is 13.5. The van der Waals surface area contributed by atoms with Crippen LogP contribution in [0.1, 0.15) is 18.1 Å². The van der Waals surface area contributed by atoms with Crippen molar-refractivity contribution in [3.63, 3.8) is 0 Å². The first-order valence-corrected chi connectivity index (χ1v) is 4.96. The lowest BCUT2D eigenvalue weighted by atomic mass is 10.1. The Morgan fingerprint density at radius 1 is 1.41 bits per heavy atom. The van der Waals surface area contributed by atoms with Crippen molar-refractivity contribution in [1.82, 2.24) is 0 Å². The van der Waals surface area contributed by atoms with Gasteiger partial charge in [0.25, 0.3) is 0 Å². The number of hydrogen-bond donors (Lipinski definition) is 2. The summed E-state index contributed by atoms with van der Waals surface area (Å²) in [6.45, 7) is 2.81. The van der Waals surface area contributed by atoms with E-state index in [1.807, 2.05) is 0 Å². The molecule has 17 heavy (non-hydrogen) atoms. The number of nitrogens with two attached hydrogens (primary N) is 1. The molecule has 0 fully saturated rings. The molecule has 1 amide bonds. The maximum Gasteiger partial charge on any atom is 0.416 e. The predicted octanol–water partition coefficient (Wildman–Crippen LogP) is 2.30. The molecule has 6 heteroatoms. The highest BCUT2D eigenvalue weighted by molar-refractivity contribution is 5.94. The van der Waals surface area contributed by atoms with Crippen LogP contribution in [0.25, 0.3) is 0 Å². The summed E-state index contributed by atoms with van der Waals surface area (Å²) in [4.78, 5) is 11.2. The number of aryl methyl sites for hydroxylation is 1. The number of alkyl halides is 3. The second-order valence-electron chi connectivity index (χ2n) is 3.81. The molecule has 3 nitrogen and oxygen atoms in total. The van der Waals surface area contributed by atoms with E-state index in [4.69, 9.17) is 5.73 Å². The molecule has 0 aliphatic carbocycles.